The maximum absolute atomic E-state index is 14.8. The van der Waals surface area contributed by atoms with E-state index in [2.05, 4.69) is 101 Å². The van der Waals surface area contributed by atoms with E-state index in [1.807, 2.05) is 35.2 Å². The van der Waals surface area contributed by atoms with E-state index in [1.54, 1.807) is 28.1 Å². The number of nitrogens with zero attached hydrogens (tertiary/aromatic N) is 2. The number of alkyl halides is 3. The third-order valence-corrected chi connectivity index (χ3v) is 13.4. The van der Waals surface area contributed by atoms with Gasteiger partial charge in [0.05, 0.1) is 24.5 Å². The lowest BCUT2D eigenvalue weighted by Gasteiger charge is -2.52. The number of aryl methyl sites for hydroxylation is 1. The van der Waals surface area contributed by atoms with E-state index in [0.29, 0.717) is 11.4 Å². The van der Waals surface area contributed by atoms with Crippen molar-refractivity contribution >= 4 is 28.2 Å². The van der Waals surface area contributed by atoms with Crippen molar-refractivity contribution in [1.82, 2.24) is 0 Å². The third kappa shape index (κ3) is 5.25. The lowest BCUT2D eigenvalue weighted by molar-refractivity contribution is -0.152. The Morgan fingerprint density at radius 2 is 1.36 bits per heavy atom. The van der Waals surface area contributed by atoms with Gasteiger partial charge in [0.25, 0.3) is 0 Å². The van der Waals surface area contributed by atoms with Crippen molar-refractivity contribution in [2.75, 3.05) is 31.0 Å². The van der Waals surface area contributed by atoms with Crippen LogP contribution < -0.4 is 19.3 Å². The molecule has 290 valence electrons. The Balaban J connectivity index is 1.41. The molecule has 0 radical (unpaired) electrons. The largest absolute Gasteiger partial charge is 0.497 e. The van der Waals surface area contributed by atoms with Crippen LogP contribution >= 0.6 is 0 Å². The van der Waals surface area contributed by atoms with Gasteiger partial charge >= 0.3 is 6.18 Å². The first kappa shape index (κ1) is 36.7. The number of ether oxygens (including phenoxy) is 2. The number of anilines is 2. The second-order valence-electron chi connectivity index (χ2n) is 18.6. The topological polar surface area (TPSA) is 24.9 Å². The molecular formula is C49H51F3N2O2. The van der Waals surface area contributed by atoms with Gasteiger partial charge < -0.3 is 19.3 Å². The van der Waals surface area contributed by atoms with Crippen molar-refractivity contribution in [3.05, 3.63) is 124 Å². The Morgan fingerprint density at radius 1 is 0.768 bits per heavy atom. The van der Waals surface area contributed by atoms with Crippen LogP contribution in [0.2, 0.25) is 0 Å². The first-order valence-electron chi connectivity index (χ1n) is 19.8. The summed E-state index contributed by atoms with van der Waals surface area (Å²) in [4.78, 5) is 3.24. The SMILES string of the molecule is COc1ccc(C2(c3ccc(C)cc3)C=Cc3c4c(c5cc6c(cc5c3O2)N(C)C(C(F)(F)F)C(C)N6C)-c2ccccc2C42CC(C)(C)CC(C)(C)C2)cc1. The normalized spacial score (nSPS) is 24.0. The molecule has 5 aromatic rings. The molecule has 1 fully saturated rings. The Kier molecular flexibility index (Phi) is 7.90. The highest BCUT2D eigenvalue weighted by Crippen LogP contribution is 2.67. The molecule has 0 N–H and O–H groups in total. The smallest absolute Gasteiger partial charge is 0.410 e. The summed E-state index contributed by atoms with van der Waals surface area (Å²) in [6.07, 6.45) is 3.09. The monoisotopic (exact) mass is 756 g/mol. The predicted molar refractivity (Wildman–Crippen MR) is 222 cm³/mol. The van der Waals surface area contributed by atoms with E-state index in [-0.39, 0.29) is 16.2 Å². The molecular weight excluding hydrogens is 706 g/mol. The average molecular weight is 757 g/mol. The summed E-state index contributed by atoms with van der Waals surface area (Å²) in [5, 5.41) is 1.81. The second-order valence-corrected chi connectivity index (χ2v) is 18.6. The lowest BCUT2D eigenvalue weighted by atomic mass is 9.52. The molecule has 56 heavy (non-hydrogen) atoms. The van der Waals surface area contributed by atoms with E-state index in [0.717, 1.165) is 63.7 Å². The van der Waals surface area contributed by atoms with Crippen molar-refractivity contribution in [2.45, 2.75) is 90.1 Å². The Hall–Kier alpha value is -4.91. The van der Waals surface area contributed by atoms with Gasteiger partial charge in [0, 0.05) is 41.6 Å². The summed E-state index contributed by atoms with van der Waals surface area (Å²) >= 11 is 0. The number of fused-ring (bicyclic) bond motifs is 11. The molecule has 4 aliphatic rings. The van der Waals surface area contributed by atoms with Crippen molar-refractivity contribution in [2.24, 2.45) is 10.8 Å². The summed E-state index contributed by atoms with van der Waals surface area (Å²) < 4.78 is 57.7. The molecule has 1 spiro atoms. The zero-order valence-electron chi connectivity index (χ0n) is 33.9. The van der Waals surface area contributed by atoms with Gasteiger partial charge in [-0.1, -0.05) is 100.0 Å². The molecule has 7 heteroatoms. The highest BCUT2D eigenvalue weighted by molar-refractivity contribution is 6.11. The summed E-state index contributed by atoms with van der Waals surface area (Å²) in [7, 11) is 5.04. The molecule has 3 unspecified atom stereocenters. The maximum Gasteiger partial charge on any atom is 0.410 e. The number of rotatable bonds is 3. The van der Waals surface area contributed by atoms with Crippen molar-refractivity contribution < 1.29 is 22.6 Å². The maximum atomic E-state index is 14.8. The molecule has 4 nitrogen and oxygen atoms in total. The minimum Gasteiger partial charge on any atom is -0.497 e. The van der Waals surface area contributed by atoms with Crippen LogP contribution in [0.5, 0.6) is 11.5 Å². The van der Waals surface area contributed by atoms with Gasteiger partial charge in [-0.25, -0.2) is 0 Å². The number of halogens is 3. The van der Waals surface area contributed by atoms with Crippen LogP contribution in [-0.4, -0.2) is 39.5 Å². The number of hydrogen-bond acceptors (Lipinski definition) is 4. The van der Waals surface area contributed by atoms with Crippen LogP contribution in [0.4, 0.5) is 24.5 Å². The summed E-state index contributed by atoms with van der Waals surface area (Å²) in [6.45, 7) is 13.4. The minimum absolute atomic E-state index is 0.0487. The average Bonchev–Trinajstić information content (AvgIpc) is 3.40. The molecule has 0 amide bonds. The van der Waals surface area contributed by atoms with Crippen molar-refractivity contribution in [3.8, 4) is 22.6 Å². The van der Waals surface area contributed by atoms with Crippen LogP contribution in [0.1, 0.15) is 87.3 Å². The number of likely N-dealkylation sites (N-methyl/N-ethyl adjacent to an activating group) is 2. The number of methoxy groups -OCH3 is 1. The summed E-state index contributed by atoms with van der Waals surface area (Å²) in [5.41, 5.74) is 9.10. The van der Waals surface area contributed by atoms with Gasteiger partial charge in [-0.15, -0.1) is 0 Å². The molecule has 1 saturated carbocycles. The molecule has 2 aliphatic heterocycles. The van der Waals surface area contributed by atoms with Crippen LogP contribution in [0.25, 0.3) is 28.0 Å². The van der Waals surface area contributed by atoms with Crippen LogP contribution in [-0.2, 0) is 11.0 Å². The van der Waals surface area contributed by atoms with Gasteiger partial charge in [0.15, 0.2) is 5.60 Å². The van der Waals surface area contributed by atoms with Gasteiger partial charge in [-0.2, -0.15) is 13.2 Å². The summed E-state index contributed by atoms with van der Waals surface area (Å²) in [5.74, 6) is 1.44. The van der Waals surface area contributed by atoms with Crippen LogP contribution in [0.3, 0.4) is 0 Å². The van der Waals surface area contributed by atoms with Crippen LogP contribution in [0.15, 0.2) is 91.0 Å². The van der Waals surface area contributed by atoms with Gasteiger partial charge in [-0.3, -0.25) is 0 Å². The standard InChI is InChI=1S/C49H51F3N2O2/c1-29-14-16-31(17-15-29)48(32-18-20-33(55-9)21-19-32)23-22-35-42-41(34-12-10-11-13-38(34)47(42)27-45(3,4)26-46(5,6)28-47)36-24-39-40(25-37(36)43(35)56-48)54(8)44(49(50,51)52)30(2)53(39)7/h10-25,30,44H,26-28H2,1-9H3. The molecule has 0 bridgehead atoms. The van der Waals surface area contributed by atoms with E-state index in [1.165, 1.54) is 27.2 Å². The second kappa shape index (κ2) is 12.0. The number of benzene rings is 5. The summed E-state index contributed by atoms with van der Waals surface area (Å²) in [6, 6.07) is 27.0. The number of hydrogen-bond donors (Lipinski definition) is 0. The fourth-order valence-electron chi connectivity index (χ4n) is 11.8. The van der Waals surface area contributed by atoms with Gasteiger partial charge in [-0.05, 0) is 102 Å². The Morgan fingerprint density at radius 3 is 1.98 bits per heavy atom. The van der Waals surface area contributed by atoms with Gasteiger partial charge in [0.1, 0.15) is 17.5 Å². The Bertz CT molecular complexity index is 2410. The first-order valence-corrected chi connectivity index (χ1v) is 19.8. The van der Waals surface area contributed by atoms with Crippen LogP contribution in [0, 0.1) is 17.8 Å². The first-order chi connectivity index (χ1) is 26.4. The zero-order valence-corrected chi connectivity index (χ0v) is 33.9. The van der Waals surface area contributed by atoms with E-state index < -0.39 is 23.9 Å². The van der Waals surface area contributed by atoms with Gasteiger partial charge in [0.2, 0.25) is 0 Å². The lowest BCUT2D eigenvalue weighted by Crippen LogP contribution is -2.59. The van der Waals surface area contributed by atoms with E-state index >= 15 is 0 Å². The molecule has 0 aromatic heterocycles. The Labute approximate surface area is 328 Å². The molecule has 2 aliphatic carbocycles. The third-order valence-electron chi connectivity index (χ3n) is 13.4. The molecule has 2 heterocycles. The van der Waals surface area contributed by atoms with E-state index in [9.17, 15) is 13.2 Å². The molecule has 3 atom stereocenters. The molecule has 0 saturated heterocycles. The van der Waals surface area contributed by atoms with Crippen molar-refractivity contribution in [1.29, 1.82) is 0 Å². The fraction of sp³-hybridized carbons (Fsp3) is 0.388. The fourth-order valence-corrected chi connectivity index (χ4v) is 11.8. The molecule has 9 rings (SSSR count). The zero-order chi connectivity index (χ0) is 39.7. The minimum atomic E-state index is -4.42. The molecule has 5 aromatic carbocycles. The quantitative estimate of drug-likeness (QED) is 0.183. The predicted octanol–water partition coefficient (Wildman–Crippen LogP) is 12.2. The highest BCUT2D eigenvalue weighted by Gasteiger charge is 2.56. The van der Waals surface area contributed by atoms with E-state index in [4.69, 9.17) is 9.47 Å². The van der Waals surface area contributed by atoms with Crippen molar-refractivity contribution in [3.63, 3.8) is 0 Å². The highest BCUT2D eigenvalue weighted by atomic mass is 19.4.